The maximum Gasteiger partial charge on any atom is 0.253 e. The van der Waals surface area contributed by atoms with Gasteiger partial charge >= 0.3 is 0 Å². The van der Waals surface area contributed by atoms with E-state index in [1.165, 1.54) is 6.20 Å². The molecule has 0 spiro atoms. The van der Waals surface area contributed by atoms with E-state index >= 15 is 0 Å². The van der Waals surface area contributed by atoms with Crippen molar-refractivity contribution in [2.45, 2.75) is 31.7 Å². The number of primary amides is 1. The van der Waals surface area contributed by atoms with Crippen molar-refractivity contribution in [3.63, 3.8) is 0 Å². The Kier molecular flexibility index (Phi) is 6.68. The first-order chi connectivity index (χ1) is 11.9. The van der Waals surface area contributed by atoms with Crippen molar-refractivity contribution >= 4 is 40.6 Å². The van der Waals surface area contributed by atoms with Gasteiger partial charge in [0, 0.05) is 22.3 Å². The minimum absolute atomic E-state index is 0.0401. The van der Waals surface area contributed by atoms with Crippen LogP contribution in [0.5, 0.6) is 0 Å². The van der Waals surface area contributed by atoms with Crippen LogP contribution < -0.4 is 16.8 Å². The van der Waals surface area contributed by atoms with E-state index in [9.17, 15) is 10.1 Å². The zero-order valence-corrected chi connectivity index (χ0v) is 15.0. The number of nitrogens with zero attached hydrogens (tertiary/aromatic N) is 2. The van der Waals surface area contributed by atoms with E-state index in [2.05, 4.69) is 16.4 Å². The minimum atomic E-state index is -0.716. The van der Waals surface area contributed by atoms with Gasteiger partial charge in [0.1, 0.15) is 5.84 Å². The van der Waals surface area contributed by atoms with Crippen molar-refractivity contribution in [1.29, 1.82) is 5.26 Å². The van der Waals surface area contributed by atoms with Crippen LogP contribution in [-0.4, -0.2) is 17.8 Å². The van der Waals surface area contributed by atoms with Gasteiger partial charge in [-0.1, -0.05) is 36.0 Å². The molecule has 1 saturated carbocycles. The SMILES string of the molecule is N#CC1CCCCC1N/C=C(/C(N)=O)C(N)=Nc1cc(Cl)cc(Cl)c1. The standard InChI is InChI=1S/C17H19Cl2N5O/c18-11-5-12(19)7-13(6-11)24-16(21)14(17(22)25)9-23-15-4-2-1-3-10(15)8-20/h5-7,9-10,15,23H,1-4H2,(H2,21,24)(H2,22,25)/b14-9+. The molecule has 0 aliphatic heterocycles. The Morgan fingerprint density at radius 3 is 2.48 bits per heavy atom. The number of benzene rings is 1. The topological polar surface area (TPSA) is 117 Å². The molecule has 1 aliphatic rings. The number of nitrogens with two attached hydrogens (primary N) is 2. The summed E-state index contributed by atoms with van der Waals surface area (Å²) >= 11 is 11.9. The third-order valence-corrected chi connectivity index (χ3v) is 4.45. The molecule has 6 nitrogen and oxygen atoms in total. The molecule has 25 heavy (non-hydrogen) atoms. The molecule has 2 unspecified atom stereocenters. The van der Waals surface area contributed by atoms with Gasteiger partial charge in [0.25, 0.3) is 5.91 Å². The monoisotopic (exact) mass is 379 g/mol. The Bertz CT molecular complexity index is 734. The Morgan fingerprint density at radius 2 is 1.88 bits per heavy atom. The Morgan fingerprint density at radius 1 is 1.24 bits per heavy atom. The van der Waals surface area contributed by atoms with Crippen LogP contribution in [0.1, 0.15) is 25.7 Å². The predicted molar refractivity (Wildman–Crippen MR) is 99.5 cm³/mol. The number of hydrogen-bond donors (Lipinski definition) is 3. The number of carbonyl (C=O) groups excluding carboxylic acids is 1. The van der Waals surface area contributed by atoms with E-state index in [-0.39, 0.29) is 23.4 Å². The number of nitriles is 1. The van der Waals surface area contributed by atoms with E-state index in [0.717, 1.165) is 25.7 Å². The Balaban J connectivity index is 2.22. The van der Waals surface area contributed by atoms with E-state index in [4.69, 9.17) is 34.7 Å². The van der Waals surface area contributed by atoms with Crippen LogP contribution in [0.25, 0.3) is 0 Å². The lowest BCUT2D eigenvalue weighted by Crippen LogP contribution is -2.37. The number of aliphatic imine (C=N–C) groups is 1. The summed E-state index contributed by atoms with van der Waals surface area (Å²) in [4.78, 5) is 15.9. The molecule has 8 heteroatoms. The summed E-state index contributed by atoms with van der Waals surface area (Å²) in [5.41, 5.74) is 11.8. The maximum absolute atomic E-state index is 11.7. The van der Waals surface area contributed by atoms with Gasteiger partial charge in [-0.25, -0.2) is 4.99 Å². The normalized spacial score (nSPS) is 21.5. The van der Waals surface area contributed by atoms with Crippen LogP contribution in [0.2, 0.25) is 10.0 Å². The Labute approximate surface area is 156 Å². The summed E-state index contributed by atoms with van der Waals surface area (Å²) in [6, 6.07) is 6.95. The number of hydrogen-bond acceptors (Lipinski definition) is 4. The number of amides is 1. The fourth-order valence-corrected chi connectivity index (χ4v) is 3.26. The zero-order valence-electron chi connectivity index (χ0n) is 13.5. The second-order valence-electron chi connectivity index (χ2n) is 5.84. The second-order valence-corrected chi connectivity index (χ2v) is 6.71. The summed E-state index contributed by atoms with van der Waals surface area (Å²) in [7, 11) is 0. The van der Waals surface area contributed by atoms with Crippen LogP contribution in [0, 0.1) is 17.2 Å². The van der Waals surface area contributed by atoms with Gasteiger partial charge in [0.15, 0.2) is 0 Å². The first kappa shape index (κ1) is 19.1. The fourth-order valence-electron chi connectivity index (χ4n) is 2.75. The highest BCUT2D eigenvalue weighted by molar-refractivity contribution is 6.35. The van der Waals surface area contributed by atoms with Crippen molar-refractivity contribution in [3.05, 3.63) is 40.0 Å². The van der Waals surface area contributed by atoms with Crippen molar-refractivity contribution in [2.24, 2.45) is 22.4 Å². The number of nitrogens with one attached hydrogen (secondary N) is 1. The van der Waals surface area contributed by atoms with Crippen molar-refractivity contribution < 1.29 is 4.79 Å². The van der Waals surface area contributed by atoms with Gasteiger partial charge in [0.05, 0.1) is 23.2 Å². The molecular formula is C17H19Cl2N5O. The van der Waals surface area contributed by atoms with Gasteiger partial charge in [-0.2, -0.15) is 5.26 Å². The largest absolute Gasteiger partial charge is 0.386 e. The van der Waals surface area contributed by atoms with Crippen LogP contribution >= 0.6 is 23.2 Å². The summed E-state index contributed by atoms with van der Waals surface area (Å²) in [5.74, 6) is -0.877. The van der Waals surface area contributed by atoms with Gasteiger partial charge in [-0.15, -0.1) is 0 Å². The summed E-state index contributed by atoms with van der Waals surface area (Å²) in [5, 5.41) is 13.1. The van der Waals surface area contributed by atoms with E-state index in [0.29, 0.717) is 15.7 Å². The molecular weight excluding hydrogens is 361 g/mol. The van der Waals surface area contributed by atoms with Gasteiger partial charge in [-0.3, -0.25) is 4.79 Å². The van der Waals surface area contributed by atoms with Crippen LogP contribution in [0.3, 0.4) is 0 Å². The van der Waals surface area contributed by atoms with Crippen LogP contribution in [0.15, 0.2) is 35.0 Å². The molecule has 1 aromatic carbocycles. The molecule has 1 amide bonds. The van der Waals surface area contributed by atoms with Crippen molar-refractivity contribution in [2.75, 3.05) is 0 Å². The van der Waals surface area contributed by atoms with Gasteiger partial charge in [-0.05, 0) is 31.0 Å². The molecule has 5 N–H and O–H groups in total. The zero-order chi connectivity index (χ0) is 18.4. The number of amidine groups is 1. The van der Waals surface area contributed by atoms with E-state index < -0.39 is 5.91 Å². The number of halogens is 2. The minimum Gasteiger partial charge on any atom is -0.386 e. The van der Waals surface area contributed by atoms with E-state index in [1.807, 2.05) is 0 Å². The maximum atomic E-state index is 11.7. The molecule has 0 aromatic heterocycles. The first-order valence-corrected chi connectivity index (χ1v) is 8.62. The molecule has 0 heterocycles. The third-order valence-electron chi connectivity index (χ3n) is 4.01. The average molecular weight is 380 g/mol. The molecule has 1 aromatic rings. The highest BCUT2D eigenvalue weighted by atomic mass is 35.5. The van der Waals surface area contributed by atoms with Crippen LogP contribution in [0.4, 0.5) is 5.69 Å². The molecule has 1 aliphatic carbocycles. The molecule has 1 fully saturated rings. The molecule has 0 saturated heterocycles. The quantitative estimate of drug-likeness (QED) is 0.413. The second kappa shape index (κ2) is 8.75. The fraction of sp³-hybridized carbons (Fsp3) is 0.353. The lowest BCUT2D eigenvalue weighted by Gasteiger charge is -2.27. The molecule has 0 radical (unpaired) electrons. The summed E-state index contributed by atoms with van der Waals surface area (Å²) < 4.78 is 0. The summed E-state index contributed by atoms with van der Waals surface area (Å²) in [6.07, 6.45) is 5.18. The molecule has 2 atom stereocenters. The molecule has 0 bridgehead atoms. The lowest BCUT2D eigenvalue weighted by molar-refractivity contribution is -0.114. The third kappa shape index (κ3) is 5.38. The number of carbonyl (C=O) groups is 1. The van der Waals surface area contributed by atoms with Crippen molar-refractivity contribution in [3.8, 4) is 6.07 Å². The lowest BCUT2D eigenvalue weighted by atomic mass is 9.85. The highest BCUT2D eigenvalue weighted by Gasteiger charge is 2.24. The predicted octanol–water partition coefficient (Wildman–Crippen LogP) is 3.02. The first-order valence-electron chi connectivity index (χ1n) is 7.87. The Hall–Kier alpha value is -2.23. The number of rotatable bonds is 5. The van der Waals surface area contributed by atoms with Gasteiger partial charge < -0.3 is 16.8 Å². The summed E-state index contributed by atoms with van der Waals surface area (Å²) in [6.45, 7) is 0. The molecule has 2 rings (SSSR count). The van der Waals surface area contributed by atoms with Crippen molar-refractivity contribution in [1.82, 2.24) is 5.32 Å². The highest BCUT2D eigenvalue weighted by Crippen LogP contribution is 2.25. The van der Waals surface area contributed by atoms with Gasteiger partial charge in [0.2, 0.25) is 0 Å². The molecule has 132 valence electrons. The van der Waals surface area contributed by atoms with E-state index in [1.54, 1.807) is 18.2 Å². The van der Waals surface area contributed by atoms with Crippen LogP contribution in [-0.2, 0) is 4.79 Å². The average Bonchev–Trinajstić information content (AvgIpc) is 2.54. The smallest absolute Gasteiger partial charge is 0.253 e.